The first kappa shape index (κ1) is 19.0. The van der Waals surface area contributed by atoms with Gasteiger partial charge in [-0.25, -0.2) is 13.2 Å². The summed E-state index contributed by atoms with van der Waals surface area (Å²) in [5, 5.41) is 8.74. The molecule has 0 heterocycles. The number of carbonyl (C=O) groups is 1. The zero-order chi connectivity index (χ0) is 18.4. The minimum atomic E-state index is -3.84. The maximum atomic E-state index is 13.1. The summed E-state index contributed by atoms with van der Waals surface area (Å²) in [5.74, 6) is -0.673. The van der Waals surface area contributed by atoms with Gasteiger partial charge in [-0.3, -0.25) is 4.31 Å². The molecule has 134 valence electrons. The van der Waals surface area contributed by atoms with Gasteiger partial charge in [0.25, 0.3) is 10.0 Å². The van der Waals surface area contributed by atoms with Gasteiger partial charge in [0, 0.05) is 6.54 Å². The van der Waals surface area contributed by atoms with Gasteiger partial charge in [-0.2, -0.15) is 0 Å². The molecule has 1 N–H and O–H groups in total. The lowest BCUT2D eigenvalue weighted by Crippen LogP contribution is -2.31. The molecule has 0 saturated carbocycles. The van der Waals surface area contributed by atoms with E-state index in [-0.39, 0.29) is 30.2 Å². The van der Waals surface area contributed by atoms with Crippen LogP contribution >= 0.6 is 0 Å². The number of hydrogen-bond acceptors (Lipinski definition) is 5. The van der Waals surface area contributed by atoms with E-state index in [0.29, 0.717) is 11.3 Å². The highest BCUT2D eigenvalue weighted by atomic mass is 32.2. The zero-order valence-corrected chi connectivity index (χ0v) is 15.0. The van der Waals surface area contributed by atoms with E-state index in [1.165, 1.54) is 16.4 Å². The molecule has 0 bridgehead atoms. The number of nitrogens with zero attached hydrogens (tertiary/aromatic N) is 1. The molecule has 2 rings (SSSR count). The smallest absolute Gasteiger partial charge is 0.338 e. The van der Waals surface area contributed by atoms with Crippen molar-refractivity contribution in [3.8, 4) is 0 Å². The molecule has 6 nitrogen and oxygen atoms in total. The van der Waals surface area contributed by atoms with Crippen molar-refractivity contribution in [3.05, 3.63) is 59.7 Å². The highest BCUT2D eigenvalue weighted by Crippen LogP contribution is 2.26. The molecule has 0 saturated heterocycles. The second kappa shape index (κ2) is 8.13. The number of carbonyl (C=O) groups excluding carboxylic acids is 1. The molecular formula is C18H21NO5S. The van der Waals surface area contributed by atoms with Crippen molar-refractivity contribution in [2.24, 2.45) is 0 Å². The molecule has 0 aliphatic heterocycles. The minimum absolute atomic E-state index is 0.0525. The fraction of sp³-hybridized carbons (Fsp3) is 0.278. The van der Waals surface area contributed by atoms with Crippen LogP contribution in [0.1, 0.15) is 22.8 Å². The number of benzene rings is 2. The molecule has 0 amide bonds. The lowest BCUT2D eigenvalue weighted by atomic mass is 10.1. The number of ether oxygens (including phenoxy) is 1. The van der Waals surface area contributed by atoms with Crippen molar-refractivity contribution in [1.82, 2.24) is 0 Å². The Bertz CT molecular complexity index is 834. The SMILES string of the molecule is CCN(c1ccccc1)S(=O)(=O)c1cc(C(=O)OCCO)ccc1C. The van der Waals surface area contributed by atoms with Gasteiger partial charge in [-0.15, -0.1) is 0 Å². The lowest BCUT2D eigenvalue weighted by molar-refractivity contribution is 0.0433. The summed E-state index contributed by atoms with van der Waals surface area (Å²) in [6.45, 7) is 3.25. The van der Waals surface area contributed by atoms with E-state index >= 15 is 0 Å². The van der Waals surface area contributed by atoms with Gasteiger partial charge < -0.3 is 9.84 Å². The van der Waals surface area contributed by atoms with Gasteiger partial charge in [-0.05, 0) is 43.7 Å². The van der Waals surface area contributed by atoms with Crippen molar-refractivity contribution in [2.75, 3.05) is 24.1 Å². The quantitative estimate of drug-likeness (QED) is 0.764. The van der Waals surface area contributed by atoms with E-state index in [0.717, 1.165) is 0 Å². The molecule has 0 unspecified atom stereocenters. The maximum Gasteiger partial charge on any atom is 0.338 e. The average Bonchev–Trinajstić information content (AvgIpc) is 2.61. The Hall–Kier alpha value is -2.38. The van der Waals surface area contributed by atoms with Crippen LogP contribution in [0.2, 0.25) is 0 Å². The van der Waals surface area contributed by atoms with E-state index in [9.17, 15) is 13.2 Å². The third-order valence-electron chi connectivity index (χ3n) is 3.65. The van der Waals surface area contributed by atoms with Crippen LogP contribution in [0.5, 0.6) is 0 Å². The van der Waals surface area contributed by atoms with Gasteiger partial charge in [0.15, 0.2) is 0 Å². The van der Waals surface area contributed by atoms with E-state index in [1.54, 1.807) is 44.2 Å². The van der Waals surface area contributed by atoms with Crippen molar-refractivity contribution < 1.29 is 23.1 Å². The summed E-state index contributed by atoms with van der Waals surface area (Å²) in [7, 11) is -3.84. The topological polar surface area (TPSA) is 83.9 Å². The molecule has 7 heteroatoms. The summed E-state index contributed by atoms with van der Waals surface area (Å²) < 4.78 is 32.4. The third kappa shape index (κ3) is 4.18. The first-order valence-electron chi connectivity index (χ1n) is 7.88. The first-order valence-corrected chi connectivity index (χ1v) is 9.32. The lowest BCUT2D eigenvalue weighted by Gasteiger charge is -2.24. The average molecular weight is 363 g/mol. The Labute approximate surface area is 147 Å². The summed E-state index contributed by atoms with van der Waals surface area (Å²) >= 11 is 0. The largest absolute Gasteiger partial charge is 0.460 e. The van der Waals surface area contributed by atoms with Gasteiger partial charge in [0.1, 0.15) is 6.61 Å². The standard InChI is InChI=1S/C18H21NO5S/c1-3-19(16-7-5-4-6-8-16)25(22,23)17-13-15(10-9-14(17)2)18(21)24-12-11-20/h4-10,13,20H,3,11-12H2,1-2H3. The molecule has 0 spiro atoms. The minimum Gasteiger partial charge on any atom is -0.460 e. The molecule has 25 heavy (non-hydrogen) atoms. The second-order valence-corrected chi connectivity index (χ2v) is 7.18. The predicted octanol–water partition coefficient (Wildman–Crippen LogP) is 2.36. The Morgan fingerprint density at radius 1 is 1.16 bits per heavy atom. The molecular weight excluding hydrogens is 342 g/mol. The highest BCUT2D eigenvalue weighted by Gasteiger charge is 2.26. The molecule has 0 fully saturated rings. The second-order valence-electron chi connectivity index (χ2n) is 5.35. The van der Waals surface area contributed by atoms with Crippen LogP contribution in [0.15, 0.2) is 53.4 Å². The van der Waals surface area contributed by atoms with Crippen molar-refractivity contribution in [3.63, 3.8) is 0 Å². The summed E-state index contributed by atoms with van der Waals surface area (Å²) in [4.78, 5) is 12.0. The predicted molar refractivity (Wildman–Crippen MR) is 95.2 cm³/mol. The van der Waals surface area contributed by atoms with Gasteiger partial charge in [0.05, 0.1) is 22.8 Å². The Morgan fingerprint density at radius 2 is 1.84 bits per heavy atom. The number of esters is 1. The number of para-hydroxylation sites is 1. The fourth-order valence-corrected chi connectivity index (χ4v) is 4.16. The third-order valence-corrected chi connectivity index (χ3v) is 5.69. The number of aliphatic hydroxyl groups excluding tert-OH is 1. The van der Waals surface area contributed by atoms with Crippen molar-refractivity contribution in [1.29, 1.82) is 0 Å². The fourth-order valence-electron chi connectivity index (χ4n) is 2.43. The molecule has 2 aromatic carbocycles. The molecule has 2 aromatic rings. The van der Waals surface area contributed by atoms with E-state index in [4.69, 9.17) is 9.84 Å². The van der Waals surface area contributed by atoms with Crippen LogP contribution in [0.3, 0.4) is 0 Å². The summed E-state index contributed by atoms with van der Waals surface area (Å²) in [6.07, 6.45) is 0. The van der Waals surface area contributed by atoms with Crippen LogP contribution < -0.4 is 4.31 Å². The van der Waals surface area contributed by atoms with Crippen molar-refractivity contribution in [2.45, 2.75) is 18.7 Å². The maximum absolute atomic E-state index is 13.1. The summed E-state index contributed by atoms with van der Waals surface area (Å²) in [5.41, 5.74) is 1.22. The summed E-state index contributed by atoms with van der Waals surface area (Å²) in [6, 6.07) is 13.2. The Morgan fingerprint density at radius 3 is 2.44 bits per heavy atom. The van der Waals surface area contributed by atoms with Crippen LogP contribution in [0, 0.1) is 6.92 Å². The van der Waals surface area contributed by atoms with Crippen molar-refractivity contribution >= 4 is 21.7 Å². The highest BCUT2D eigenvalue weighted by molar-refractivity contribution is 7.92. The molecule has 0 atom stereocenters. The monoisotopic (exact) mass is 363 g/mol. The zero-order valence-electron chi connectivity index (χ0n) is 14.2. The van der Waals surface area contributed by atoms with Gasteiger partial charge >= 0.3 is 5.97 Å². The Balaban J connectivity index is 2.46. The molecule has 0 radical (unpaired) electrons. The van der Waals surface area contributed by atoms with Crippen LogP contribution in [-0.2, 0) is 14.8 Å². The number of rotatable bonds is 7. The molecule has 0 aliphatic rings. The van der Waals surface area contributed by atoms with Crippen LogP contribution in [0.4, 0.5) is 5.69 Å². The number of hydrogen-bond donors (Lipinski definition) is 1. The molecule has 0 aromatic heterocycles. The van der Waals surface area contributed by atoms with E-state index < -0.39 is 16.0 Å². The first-order chi connectivity index (χ1) is 11.9. The number of sulfonamides is 1. The number of anilines is 1. The van der Waals surface area contributed by atoms with E-state index in [1.807, 2.05) is 6.07 Å². The van der Waals surface area contributed by atoms with Gasteiger partial charge in [0.2, 0.25) is 0 Å². The van der Waals surface area contributed by atoms with Crippen LogP contribution in [-0.4, -0.2) is 39.3 Å². The van der Waals surface area contributed by atoms with Crippen LogP contribution in [0.25, 0.3) is 0 Å². The van der Waals surface area contributed by atoms with E-state index in [2.05, 4.69) is 0 Å². The Kier molecular flexibility index (Phi) is 6.17. The number of aliphatic hydroxyl groups is 1. The number of aryl methyl sites for hydroxylation is 1. The van der Waals surface area contributed by atoms with Gasteiger partial charge in [-0.1, -0.05) is 24.3 Å². The molecule has 0 aliphatic carbocycles. The normalized spacial score (nSPS) is 11.2.